The van der Waals surface area contributed by atoms with Crippen LogP contribution in [-0.2, 0) is 11.2 Å². The number of rotatable bonds is 5. The van der Waals surface area contributed by atoms with Crippen molar-refractivity contribution in [1.82, 2.24) is 19.8 Å². The Kier molecular flexibility index (Phi) is 4.12. The first-order valence-electron chi connectivity index (χ1n) is 8.08. The maximum atomic E-state index is 12.1. The van der Waals surface area contributed by atoms with Crippen LogP contribution in [0, 0.1) is 0 Å². The van der Waals surface area contributed by atoms with Crippen molar-refractivity contribution in [3.05, 3.63) is 35.6 Å². The topological polar surface area (TPSA) is 75.4 Å². The van der Waals surface area contributed by atoms with Gasteiger partial charge in [-0.2, -0.15) is 9.61 Å². The zero-order valence-electron chi connectivity index (χ0n) is 13.2. The van der Waals surface area contributed by atoms with E-state index in [0.29, 0.717) is 12.8 Å². The third-order valence-electron chi connectivity index (χ3n) is 4.12. The van der Waals surface area contributed by atoms with Crippen molar-refractivity contribution < 1.29 is 4.79 Å². The number of hydrogen-bond donors (Lipinski definition) is 1. The van der Waals surface area contributed by atoms with E-state index < -0.39 is 0 Å². The summed E-state index contributed by atoms with van der Waals surface area (Å²) in [6.07, 6.45) is 5.09. The molecular weight excluding hydrogens is 324 g/mol. The maximum absolute atomic E-state index is 12.1. The molecule has 0 atom stereocenters. The molecule has 1 N–H and O–H groups in total. The lowest BCUT2D eigenvalue weighted by Gasteiger charge is -2.17. The Bertz CT molecular complexity index is 805. The van der Waals surface area contributed by atoms with Crippen LogP contribution in [0.5, 0.6) is 0 Å². The molecule has 0 spiro atoms. The lowest BCUT2D eigenvalue weighted by molar-refractivity contribution is -0.116. The molecule has 0 unspecified atom stereocenters. The van der Waals surface area contributed by atoms with E-state index in [-0.39, 0.29) is 5.91 Å². The van der Waals surface area contributed by atoms with Gasteiger partial charge in [0.2, 0.25) is 10.9 Å². The standard InChI is InChI=1S/C16H18N6OS/c23-14(7-8-15-20-22-11-17-19-16(22)24-15)18-12-3-5-13(6-4-12)21-9-1-2-10-21/h3-6,11H,1-2,7-10H2,(H,18,23). The number of aromatic nitrogens is 4. The predicted molar refractivity (Wildman–Crippen MR) is 93.5 cm³/mol. The van der Waals surface area contributed by atoms with Crippen LogP contribution in [0.15, 0.2) is 30.6 Å². The summed E-state index contributed by atoms with van der Waals surface area (Å²) in [5.41, 5.74) is 2.06. The van der Waals surface area contributed by atoms with Gasteiger partial charge in [-0.15, -0.1) is 10.2 Å². The van der Waals surface area contributed by atoms with E-state index in [1.165, 1.54) is 29.9 Å². The molecule has 0 bridgehead atoms. The van der Waals surface area contributed by atoms with E-state index >= 15 is 0 Å². The van der Waals surface area contributed by atoms with Gasteiger partial charge >= 0.3 is 0 Å². The Morgan fingerprint density at radius 2 is 2.00 bits per heavy atom. The van der Waals surface area contributed by atoms with E-state index in [4.69, 9.17) is 0 Å². The van der Waals surface area contributed by atoms with Crippen LogP contribution in [0.2, 0.25) is 0 Å². The molecule has 3 heterocycles. The number of benzene rings is 1. The average molecular weight is 342 g/mol. The number of aryl methyl sites for hydroxylation is 1. The second-order valence-corrected chi connectivity index (χ2v) is 6.88. The molecule has 4 rings (SSSR count). The van der Waals surface area contributed by atoms with Crippen LogP contribution < -0.4 is 10.2 Å². The summed E-state index contributed by atoms with van der Waals surface area (Å²) >= 11 is 1.46. The van der Waals surface area contributed by atoms with Crippen molar-refractivity contribution in [2.24, 2.45) is 0 Å². The zero-order valence-corrected chi connectivity index (χ0v) is 14.0. The molecular formula is C16H18N6OS. The third-order valence-corrected chi connectivity index (χ3v) is 5.09. The smallest absolute Gasteiger partial charge is 0.234 e. The summed E-state index contributed by atoms with van der Waals surface area (Å²) in [4.78, 5) is 15.2. The monoisotopic (exact) mass is 342 g/mol. The number of anilines is 2. The van der Waals surface area contributed by atoms with Crippen LogP contribution >= 0.6 is 11.3 Å². The number of carbonyl (C=O) groups is 1. The lowest BCUT2D eigenvalue weighted by Crippen LogP contribution is -2.17. The molecule has 1 aromatic carbocycles. The lowest BCUT2D eigenvalue weighted by atomic mass is 10.2. The van der Waals surface area contributed by atoms with Gasteiger partial charge in [0.15, 0.2) is 0 Å². The molecule has 3 aromatic rings. The number of nitrogens with zero attached hydrogens (tertiary/aromatic N) is 5. The molecule has 0 radical (unpaired) electrons. The highest BCUT2D eigenvalue weighted by molar-refractivity contribution is 7.16. The number of amides is 1. The van der Waals surface area contributed by atoms with Crippen molar-refractivity contribution in [2.75, 3.05) is 23.3 Å². The van der Waals surface area contributed by atoms with Gasteiger partial charge < -0.3 is 10.2 Å². The molecule has 0 saturated carbocycles. The SMILES string of the molecule is O=C(CCc1nn2cnnc2s1)Nc1ccc(N2CCCC2)cc1. The summed E-state index contributed by atoms with van der Waals surface area (Å²) in [5.74, 6) is -0.00473. The summed E-state index contributed by atoms with van der Waals surface area (Å²) in [7, 11) is 0. The largest absolute Gasteiger partial charge is 0.372 e. The van der Waals surface area contributed by atoms with Gasteiger partial charge in [0, 0.05) is 37.3 Å². The number of nitrogens with one attached hydrogen (secondary N) is 1. The second kappa shape index (κ2) is 6.56. The van der Waals surface area contributed by atoms with Crippen molar-refractivity contribution in [3.8, 4) is 0 Å². The minimum atomic E-state index is -0.00473. The number of fused-ring (bicyclic) bond motifs is 1. The van der Waals surface area contributed by atoms with Gasteiger partial charge in [0.1, 0.15) is 11.3 Å². The van der Waals surface area contributed by atoms with E-state index in [9.17, 15) is 4.79 Å². The third kappa shape index (κ3) is 3.23. The van der Waals surface area contributed by atoms with Gasteiger partial charge in [-0.3, -0.25) is 4.79 Å². The minimum absolute atomic E-state index is 0.00473. The zero-order chi connectivity index (χ0) is 16.4. The quantitative estimate of drug-likeness (QED) is 0.770. The van der Waals surface area contributed by atoms with Gasteiger partial charge in [0.25, 0.3) is 0 Å². The van der Waals surface area contributed by atoms with Crippen molar-refractivity contribution in [3.63, 3.8) is 0 Å². The maximum Gasteiger partial charge on any atom is 0.234 e. The van der Waals surface area contributed by atoms with Gasteiger partial charge in [-0.1, -0.05) is 11.3 Å². The van der Waals surface area contributed by atoms with Crippen LogP contribution in [0.1, 0.15) is 24.3 Å². The van der Waals surface area contributed by atoms with Crippen LogP contribution in [0.4, 0.5) is 11.4 Å². The van der Waals surface area contributed by atoms with Crippen LogP contribution in [-0.4, -0.2) is 38.8 Å². The molecule has 24 heavy (non-hydrogen) atoms. The second-order valence-electron chi connectivity index (χ2n) is 5.84. The van der Waals surface area contributed by atoms with Gasteiger partial charge in [-0.05, 0) is 37.1 Å². The summed E-state index contributed by atoms with van der Waals surface area (Å²) in [5, 5.41) is 15.9. The highest BCUT2D eigenvalue weighted by atomic mass is 32.1. The van der Waals surface area contributed by atoms with Crippen molar-refractivity contribution >= 4 is 33.6 Å². The van der Waals surface area contributed by atoms with Crippen LogP contribution in [0.25, 0.3) is 4.96 Å². The fourth-order valence-electron chi connectivity index (χ4n) is 2.88. The number of carbonyl (C=O) groups excluding carboxylic acids is 1. The predicted octanol–water partition coefficient (Wildman–Crippen LogP) is 2.36. The van der Waals surface area contributed by atoms with Gasteiger partial charge in [-0.25, -0.2) is 0 Å². The average Bonchev–Trinajstić information content (AvgIpc) is 3.30. The molecule has 0 aliphatic carbocycles. The molecule has 124 valence electrons. The Labute approximate surface area is 143 Å². The molecule has 1 amide bonds. The Morgan fingerprint density at radius 3 is 2.75 bits per heavy atom. The first kappa shape index (κ1) is 15.1. The normalized spacial score (nSPS) is 14.4. The molecule has 1 fully saturated rings. The molecule has 8 heteroatoms. The number of hydrogen-bond acceptors (Lipinski definition) is 6. The van der Waals surface area contributed by atoms with Gasteiger partial charge in [0.05, 0.1) is 0 Å². The molecule has 1 saturated heterocycles. The minimum Gasteiger partial charge on any atom is -0.372 e. The van der Waals surface area contributed by atoms with E-state index in [1.807, 2.05) is 12.1 Å². The highest BCUT2D eigenvalue weighted by Gasteiger charge is 2.12. The fourth-order valence-corrected chi connectivity index (χ4v) is 3.69. The Hall–Kier alpha value is -2.48. The highest BCUT2D eigenvalue weighted by Crippen LogP contribution is 2.22. The van der Waals surface area contributed by atoms with Crippen LogP contribution in [0.3, 0.4) is 0 Å². The van der Waals surface area contributed by atoms with Crippen molar-refractivity contribution in [1.29, 1.82) is 0 Å². The molecule has 2 aromatic heterocycles. The van der Waals surface area contributed by atoms with Crippen molar-refractivity contribution in [2.45, 2.75) is 25.7 Å². The Balaban J connectivity index is 1.31. The molecule has 7 nitrogen and oxygen atoms in total. The Morgan fingerprint density at radius 1 is 1.21 bits per heavy atom. The van der Waals surface area contributed by atoms with E-state index in [1.54, 1.807) is 10.8 Å². The summed E-state index contributed by atoms with van der Waals surface area (Å²) in [6, 6.07) is 8.08. The molecule has 1 aliphatic rings. The summed E-state index contributed by atoms with van der Waals surface area (Å²) in [6.45, 7) is 2.25. The van der Waals surface area contributed by atoms with E-state index in [2.05, 4.69) is 37.6 Å². The van der Waals surface area contributed by atoms with E-state index in [0.717, 1.165) is 28.7 Å². The summed E-state index contributed by atoms with van der Waals surface area (Å²) < 4.78 is 1.63. The first-order valence-corrected chi connectivity index (χ1v) is 8.90. The fraction of sp³-hybridized carbons (Fsp3) is 0.375. The molecule has 1 aliphatic heterocycles. The first-order chi connectivity index (χ1) is 11.8.